The van der Waals surface area contributed by atoms with Gasteiger partial charge in [0.15, 0.2) is 0 Å². The van der Waals surface area contributed by atoms with Gasteiger partial charge in [0.2, 0.25) is 0 Å². The number of nitrogens with zero attached hydrogens (tertiary/aromatic N) is 1. The lowest BCUT2D eigenvalue weighted by atomic mass is 10.2. The fourth-order valence-electron chi connectivity index (χ4n) is 1.61. The monoisotopic (exact) mass is 221 g/mol. The molecule has 1 heterocycles. The molecule has 2 rings (SSSR count). The van der Waals surface area contributed by atoms with E-state index in [-0.39, 0.29) is 5.91 Å². The number of carbonyl (C=O) groups is 1. The maximum atomic E-state index is 11.9. The molecule has 4 heteroatoms. The minimum atomic E-state index is -0.0828. The zero-order chi connectivity index (χ0) is 11.4. The van der Waals surface area contributed by atoms with Crippen molar-refractivity contribution in [3.8, 4) is 5.75 Å². The lowest BCUT2D eigenvalue weighted by Crippen LogP contribution is -2.26. The second-order valence-corrected chi connectivity index (χ2v) is 3.55. The molecule has 4 nitrogen and oxygen atoms in total. The number of carbonyl (C=O) groups excluding carboxylic acids is 1. The summed E-state index contributed by atoms with van der Waals surface area (Å²) in [5.74, 6) is 0.696. The van der Waals surface area contributed by atoms with Gasteiger partial charge < -0.3 is 4.74 Å². The van der Waals surface area contributed by atoms with E-state index in [9.17, 15) is 4.79 Å². The first-order valence-electron chi connectivity index (χ1n) is 5.49. The van der Waals surface area contributed by atoms with E-state index in [1.807, 2.05) is 6.92 Å². The van der Waals surface area contributed by atoms with Crippen molar-refractivity contribution in [3.63, 3.8) is 0 Å². The smallest absolute Gasteiger partial charge is 0.277 e. The molecule has 1 fully saturated rings. The first-order chi connectivity index (χ1) is 7.81. The normalized spacial score (nSPS) is 15.2. The SMILES string of the molecule is CCOc1ccc(C(=O)N2CCCO2)cc1. The second-order valence-electron chi connectivity index (χ2n) is 3.55. The molecule has 0 aromatic heterocycles. The van der Waals surface area contributed by atoms with Crippen LogP contribution in [0.1, 0.15) is 23.7 Å². The van der Waals surface area contributed by atoms with Crippen LogP contribution in [0.25, 0.3) is 0 Å². The number of rotatable bonds is 3. The summed E-state index contributed by atoms with van der Waals surface area (Å²) in [5.41, 5.74) is 0.630. The highest BCUT2D eigenvalue weighted by Gasteiger charge is 2.20. The van der Waals surface area contributed by atoms with Crippen LogP contribution in [0, 0.1) is 0 Å². The summed E-state index contributed by atoms with van der Waals surface area (Å²) in [7, 11) is 0. The van der Waals surface area contributed by atoms with E-state index in [4.69, 9.17) is 9.57 Å². The van der Waals surface area contributed by atoms with Crippen LogP contribution in [-0.4, -0.2) is 30.7 Å². The van der Waals surface area contributed by atoms with Crippen molar-refractivity contribution in [1.29, 1.82) is 0 Å². The molecule has 0 saturated carbocycles. The Hall–Kier alpha value is -1.55. The predicted molar refractivity (Wildman–Crippen MR) is 59.2 cm³/mol. The average molecular weight is 221 g/mol. The second kappa shape index (κ2) is 4.99. The molecule has 1 amide bonds. The van der Waals surface area contributed by atoms with E-state index in [1.165, 1.54) is 5.06 Å². The summed E-state index contributed by atoms with van der Waals surface area (Å²) < 4.78 is 5.31. The maximum Gasteiger partial charge on any atom is 0.277 e. The Morgan fingerprint density at radius 1 is 1.44 bits per heavy atom. The highest BCUT2D eigenvalue weighted by molar-refractivity contribution is 5.93. The number of hydroxylamine groups is 2. The zero-order valence-electron chi connectivity index (χ0n) is 9.31. The highest BCUT2D eigenvalue weighted by atomic mass is 16.7. The van der Waals surface area contributed by atoms with Crippen molar-refractivity contribution in [1.82, 2.24) is 5.06 Å². The third-order valence-corrected chi connectivity index (χ3v) is 2.39. The lowest BCUT2D eigenvalue weighted by Gasteiger charge is -2.13. The third-order valence-electron chi connectivity index (χ3n) is 2.39. The number of hydrogen-bond acceptors (Lipinski definition) is 3. The number of amides is 1. The van der Waals surface area contributed by atoms with Crippen molar-refractivity contribution < 1.29 is 14.4 Å². The van der Waals surface area contributed by atoms with Gasteiger partial charge in [-0.25, -0.2) is 5.06 Å². The third kappa shape index (κ3) is 2.33. The molecule has 1 aromatic carbocycles. The van der Waals surface area contributed by atoms with Gasteiger partial charge in [-0.2, -0.15) is 0 Å². The number of hydrogen-bond donors (Lipinski definition) is 0. The van der Waals surface area contributed by atoms with Crippen LogP contribution in [0.15, 0.2) is 24.3 Å². The molecule has 16 heavy (non-hydrogen) atoms. The van der Waals surface area contributed by atoms with E-state index in [0.29, 0.717) is 25.3 Å². The van der Waals surface area contributed by atoms with Crippen LogP contribution in [0.3, 0.4) is 0 Å². The van der Waals surface area contributed by atoms with Gasteiger partial charge in [-0.3, -0.25) is 9.63 Å². The predicted octanol–water partition coefficient (Wildman–Crippen LogP) is 1.86. The van der Waals surface area contributed by atoms with Crippen molar-refractivity contribution in [3.05, 3.63) is 29.8 Å². The van der Waals surface area contributed by atoms with Crippen LogP contribution in [0.4, 0.5) is 0 Å². The quantitative estimate of drug-likeness (QED) is 0.782. The zero-order valence-corrected chi connectivity index (χ0v) is 9.31. The van der Waals surface area contributed by atoms with Gasteiger partial charge in [0.1, 0.15) is 5.75 Å². The Kier molecular flexibility index (Phi) is 3.41. The molecule has 1 saturated heterocycles. The maximum absolute atomic E-state index is 11.9. The van der Waals surface area contributed by atoms with Crippen LogP contribution >= 0.6 is 0 Å². The van der Waals surface area contributed by atoms with Crippen LogP contribution in [0.2, 0.25) is 0 Å². The Labute approximate surface area is 94.7 Å². The van der Waals surface area contributed by atoms with Gasteiger partial charge in [0.25, 0.3) is 5.91 Å². The lowest BCUT2D eigenvalue weighted by molar-refractivity contribution is -0.0768. The number of ether oxygens (including phenoxy) is 1. The molecular formula is C12H15NO3. The van der Waals surface area contributed by atoms with Gasteiger partial charge in [-0.05, 0) is 37.6 Å². The first-order valence-corrected chi connectivity index (χ1v) is 5.49. The summed E-state index contributed by atoms with van der Waals surface area (Å²) >= 11 is 0. The van der Waals surface area contributed by atoms with Gasteiger partial charge in [0, 0.05) is 5.56 Å². The highest BCUT2D eigenvalue weighted by Crippen LogP contribution is 2.15. The van der Waals surface area contributed by atoms with E-state index in [1.54, 1.807) is 24.3 Å². The topological polar surface area (TPSA) is 38.8 Å². The minimum Gasteiger partial charge on any atom is -0.494 e. The van der Waals surface area contributed by atoms with Crippen molar-refractivity contribution in [2.45, 2.75) is 13.3 Å². The Morgan fingerprint density at radius 2 is 2.19 bits per heavy atom. The van der Waals surface area contributed by atoms with Crippen LogP contribution in [0.5, 0.6) is 5.75 Å². The van der Waals surface area contributed by atoms with Crippen LogP contribution in [-0.2, 0) is 4.84 Å². The molecule has 1 aromatic rings. The molecule has 0 bridgehead atoms. The summed E-state index contributed by atoms with van der Waals surface area (Å²) in [4.78, 5) is 17.1. The van der Waals surface area contributed by atoms with Gasteiger partial charge in [-0.15, -0.1) is 0 Å². The summed E-state index contributed by atoms with van der Waals surface area (Å²) in [6.45, 7) is 3.86. The molecule has 0 atom stereocenters. The molecule has 1 aliphatic rings. The molecule has 0 radical (unpaired) electrons. The molecule has 0 unspecified atom stereocenters. The summed E-state index contributed by atoms with van der Waals surface area (Å²) in [6.07, 6.45) is 0.906. The fraction of sp³-hybridized carbons (Fsp3) is 0.417. The molecular weight excluding hydrogens is 206 g/mol. The first kappa shape index (κ1) is 11.0. The van der Waals surface area contributed by atoms with Gasteiger partial charge in [0.05, 0.1) is 19.8 Å². The standard InChI is InChI=1S/C12H15NO3/c1-2-15-11-6-4-10(5-7-11)12(14)13-8-3-9-16-13/h4-7H,2-3,8-9H2,1H3. The van der Waals surface area contributed by atoms with E-state index < -0.39 is 0 Å². The van der Waals surface area contributed by atoms with Crippen LogP contribution < -0.4 is 4.74 Å². The van der Waals surface area contributed by atoms with Crippen molar-refractivity contribution in [2.24, 2.45) is 0 Å². The molecule has 86 valence electrons. The van der Waals surface area contributed by atoms with Crippen molar-refractivity contribution in [2.75, 3.05) is 19.8 Å². The summed E-state index contributed by atoms with van der Waals surface area (Å²) in [5, 5.41) is 1.41. The number of benzene rings is 1. The Morgan fingerprint density at radius 3 is 2.75 bits per heavy atom. The van der Waals surface area contributed by atoms with E-state index in [0.717, 1.165) is 12.2 Å². The minimum absolute atomic E-state index is 0.0828. The molecule has 0 N–H and O–H groups in total. The fourth-order valence-corrected chi connectivity index (χ4v) is 1.61. The molecule has 1 aliphatic heterocycles. The van der Waals surface area contributed by atoms with E-state index in [2.05, 4.69) is 0 Å². The molecule has 0 aliphatic carbocycles. The van der Waals surface area contributed by atoms with Gasteiger partial charge in [-0.1, -0.05) is 0 Å². The van der Waals surface area contributed by atoms with Gasteiger partial charge >= 0.3 is 0 Å². The average Bonchev–Trinajstić information content (AvgIpc) is 2.83. The van der Waals surface area contributed by atoms with Crippen molar-refractivity contribution >= 4 is 5.91 Å². The van der Waals surface area contributed by atoms with E-state index >= 15 is 0 Å². The Bertz CT molecular complexity index is 355. The molecule has 0 spiro atoms. The summed E-state index contributed by atoms with van der Waals surface area (Å²) in [6, 6.07) is 7.11. The largest absolute Gasteiger partial charge is 0.494 e. The Balaban J connectivity index is 2.05.